The van der Waals surface area contributed by atoms with Crippen LogP contribution >= 0.6 is 0 Å². The average molecular weight is 392 g/mol. The number of rotatable bonds is 2. The molecule has 0 aliphatic heterocycles. The maximum atomic E-state index is 16.9. The van der Waals surface area contributed by atoms with Gasteiger partial charge < -0.3 is 15.3 Å². The molecule has 3 saturated carbocycles. The van der Waals surface area contributed by atoms with Crippen LogP contribution in [0.2, 0.25) is 0 Å². The number of aliphatic hydroxyl groups is 3. The number of allylic oxidation sites excluding steroid dienone is 4. The fraction of sp³-hybridized carbons (Fsp3) is 0.727. The molecule has 3 fully saturated rings. The van der Waals surface area contributed by atoms with E-state index in [0.29, 0.717) is 24.8 Å². The van der Waals surface area contributed by atoms with Crippen molar-refractivity contribution in [3.05, 3.63) is 23.8 Å². The van der Waals surface area contributed by atoms with Crippen molar-refractivity contribution in [1.82, 2.24) is 0 Å². The van der Waals surface area contributed by atoms with Gasteiger partial charge in [0.2, 0.25) is 0 Å². The maximum absolute atomic E-state index is 16.9. The second kappa shape index (κ2) is 5.83. The molecule has 0 aromatic rings. The Morgan fingerprint density at radius 2 is 2.00 bits per heavy atom. The third-order valence-corrected chi connectivity index (χ3v) is 8.79. The summed E-state index contributed by atoms with van der Waals surface area (Å²) in [4.78, 5) is 24.4. The first-order chi connectivity index (χ1) is 13.0. The predicted molar refractivity (Wildman–Crippen MR) is 99.9 cm³/mol. The summed E-state index contributed by atoms with van der Waals surface area (Å²) in [5, 5.41) is 32.0. The van der Waals surface area contributed by atoms with Gasteiger partial charge >= 0.3 is 0 Å². The number of hydrogen-bond donors (Lipinski definition) is 3. The molecule has 1 unspecified atom stereocenters. The van der Waals surface area contributed by atoms with E-state index in [1.54, 1.807) is 26.8 Å². The lowest BCUT2D eigenvalue weighted by atomic mass is 9.44. The predicted octanol–water partition coefficient (Wildman–Crippen LogP) is 1.90. The molecular weight excluding hydrogens is 363 g/mol. The van der Waals surface area contributed by atoms with Gasteiger partial charge in [-0.25, -0.2) is 4.39 Å². The molecule has 154 valence electrons. The number of aliphatic hydroxyl groups excluding tert-OH is 2. The highest BCUT2D eigenvalue weighted by Gasteiger charge is 2.75. The second-order valence-electron chi connectivity index (χ2n) is 9.75. The van der Waals surface area contributed by atoms with Crippen molar-refractivity contribution in [3.8, 4) is 0 Å². The Labute approximate surface area is 164 Å². The molecule has 0 amide bonds. The van der Waals surface area contributed by atoms with Crippen LogP contribution in [0.5, 0.6) is 0 Å². The molecule has 5 nitrogen and oxygen atoms in total. The molecule has 0 heterocycles. The van der Waals surface area contributed by atoms with Gasteiger partial charge in [0.1, 0.15) is 12.2 Å². The second-order valence-corrected chi connectivity index (χ2v) is 9.75. The normalized spacial score (nSPS) is 52.5. The molecular formula is C22H29FO5. The quantitative estimate of drug-likeness (QED) is 0.667. The Bertz CT molecular complexity index is 805. The van der Waals surface area contributed by atoms with E-state index < -0.39 is 52.4 Å². The standard InChI is InChI=1S/C22H29FO5/c1-12-8-16-15-5-4-13-9-14(25)6-7-19(13,2)21(15,23)17(26)10-20(16,3)22(12,28)18(27)11-24/h6-7,9,12,15-17,24,26,28H,4-5,8,10-11H2,1-3H3/t12-,15+,16?,17-,19+,20+,21-,22+/m1/s1. The van der Waals surface area contributed by atoms with E-state index in [1.807, 2.05) is 0 Å². The van der Waals surface area contributed by atoms with Crippen LogP contribution in [-0.4, -0.2) is 50.9 Å². The lowest BCUT2D eigenvalue weighted by Crippen LogP contribution is -2.69. The van der Waals surface area contributed by atoms with E-state index in [0.717, 1.165) is 0 Å². The number of ketones is 2. The molecule has 0 bridgehead atoms. The van der Waals surface area contributed by atoms with Gasteiger partial charge in [-0.2, -0.15) is 0 Å². The number of Topliss-reactive ketones (excluding diaryl/α,β-unsaturated/α-hetero) is 1. The first-order valence-corrected chi connectivity index (χ1v) is 10.1. The summed E-state index contributed by atoms with van der Waals surface area (Å²) in [5.41, 5.74) is -5.17. The zero-order valence-electron chi connectivity index (χ0n) is 16.6. The summed E-state index contributed by atoms with van der Waals surface area (Å²) in [6.45, 7) is 4.48. The molecule has 0 aromatic heterocycles. The van der Waals surface area contributed by atoms with Crippen LogP contribution < -0.4 is 0 Å². The Balaban J connectivity index is 1.84. The Morgan fingerprint density at radius 3 is 2.64 bits per heavy atom. The molecule has 4 aliphatic carbocycles. The molecule has 6 heteroatoms. The number of halogens is 1. The van der Waals surface area contributed by atoms with Crippen molar-refractivity contribution >= 4 is 11.6 Å². The van der Waals surface area contributed by atoms with Crippen LogP contribution in [0, 0.1) is 28.6 Å². The molecule has 0 spiro atoms. The Morgan fingerprint density at radius 1 is 1.32 bits per heavy atom. The van der Waals surface area contributed by atoms with Crippen molar-refractivity contribution in [1.29, 1.82) is 0 Å². The number of hydrogen-bond acceptors (Lipinski definition) is 5. The SMILES string of the molecule is C[C@@H]1CC2[C@@H]3CCC4=CC(=O)C=C[C@]4(C)[C@]3(F)[C@H](O)C[C@]2(C)[C@@]1(O)C(=O)CO. The fourth-order valence-corrected chi connectivity index (χ4v) is 7.26. The van der Waals surface area contributed by atoms with Crippen LogP contribution in [0.3, 0.4) is 0 Å². The van der Waals surface area contributed by atoms with Gasteiger partial charge in [0.15, 0.2) is 17.2 Å². The minimum Gasteiger partial charge on any atom is -0.390 e. The zero-order valence-corrected chi connectivity index (χ0v) is 16.6. The van der Waals surface area contributed by atoms with E-state index in [9.17, 15) is 24.9 Å². The van der Waals surface area contributed by atoms with Crippen molar-refractivity contribution < 1.29 is 29.3 Å². The molecule has 28 heavy (non-hydrogen) atoms. The zero-order chi connectivity index (χ0) is 20.7. The maximum Gasteiger partial charge on any atom is 0.190 e. The fourth-order valence-electron chi connectivity index (χ4n) is 7.26. The third-order valence-electron chi connectivity index (χ3n) is 8.79. The van der Waals surface area contributed by atoms with Gasteiger partial charge in [0, 0.05) is 16.7 Å². The van der Waals surface area contributed by atoms with E-state index in [-0.39, 0.29) is 18.1 Å². The van der Waals surface area contributed by atoms with Gasteiger partial charge in [0.05, 0.1) is 6.10 Å². The van der Waals surface area contributed by atoms with Crippen molar-refractivity contribution in [2.24, 2.45) is 28.6 Å². The lowest BCUT2D eigenvalue weighted by Gasteiger charge is -2.62. The number of fused-ring (bicyclic) bond motifs is 5. The van der Waals surface area contributed by atoms with Gasteiger partial charge in [-0.15, -0.1) is 0 Å². The van der Waals surface area contributed by atoms with Gasteiger partial charge in [-0.3, -0.25) is 9.59 Å². The number of alkyl halides is 1. The summed E-state index contributed by atoms with van der Waals surface area (Å²) in [5.74, 6) is -2.12. The molecule has 3 N–H and O–H groups in total. The first kappa shape index (κ1) is 19.9. The summed E-state index contributed by atoms with van der Waals surface area (Å²) >= 11 is 0. The van der Waals surface area contributed by atoms with Crippen LogP contribution in [0.1, 0.15) is 46.5 Å². The molecule has 0 aromatic carbocycles. The Hall–Kier alpha value is -1.37. The molecule has 4 aliphatic rings. The average Bonchev–Trinajstić information content (AvgIpc) is 2.84. The van der Waals surface area contributed by atoms with Crippen molar-refractivity contribution in [3.63, 3.8) is 0 Å². The van der Waals surface area contributed by atoms with Crippen LogP contribution in [0.25, 0.3) is 0 Å². The minimum atomic E-state index is -1.98. The molecule has 4 rings (SSSR count). The van der Waals surface area contributed by atoms with Crippen LogP contribution in [0.4, 0.5) is 4.39 Å². The molecule has 8 atom stereocenters. The molecule has 0 saturated heterocycles. The minimum absolute atomic E-state index is 0.0676. The number of carbonyl (C=O) groups excluding carboxylic acids is 2. The summed E-state index contributed by atoms with van der Waals surface area (Å²) < 4.78 is 16.9. The van der Waals surface area contributed by atoms with Gasteiger partial charge in [-0.1, -0.05) is 25.5 Å². The highest BCUT2D eigenvalue weighted by molar-refractivity contribution is 6.01. The summed E-state index contributed by atoms with van der Waals surface area (Å²) in [7, 11) is 0. The lowest BCUT2D eigenvalue weighted by molar-refractivity contribution is -0.219. The van der Waals surface area contributed by atoms with Crippen molar-refractivity contribution in [2.45, 2.75) is 63.8 Å². The van der Waals surface area contributed by atoms with E-state index in [4.69, 9.17) is 0 Å². The summed E-state index contributed by atoms with van der Waals surface area (Å²) in [6, 6.07) is 0. The third kappa shape index (κ3) is 2.01. The van der Waals surface area contributed by atoms with Crippen LogP contribution in [0.15, 0.2) is 23.8 Å². The largest absolute Gasteiger partial charge is 0.390 e. The van der Waals surface area contributed by atoms with Crippen molar-refractivity contribution in [2.75, 3.05) is 6.61 Å². The van der Waals surface area contributed by atoms with E-state index >= 15 is 4.39 Å². The highest BCUT2D eigenvalue weighted by atomic mass is 19.1. The summed E-state index contributed by atoms with van der Waals surface area (Å²) in [6.07, 6.45) is 4.44. The van der Waals surface area contributed by atoms with Gasteiger partial charge in [-0.05, 0) is 56.6 Å². The highest BCUT2D eigenvalue weighted by Crippen LogP contribution is 2.70. The Kier molecular flexibility index (Phi) is 4.15. The van der Waals surface area contributed by atoms with E-state index in [2.05, 4.69) is 0 Å². The smallest absolute Gasteiger partial charge is 0.190 e. The first-order valence-electron chi connectivity index (χ1n) is 10.1. The monoisotopic (exact) mass is 392 g/mol. The van der Waals surface area contributed by atoms with Gasteiger partial charge in [0.25, 0.3) is 0 Å². The van der Waals surface area contributed by atoms with E-state index in [1.165, 1.54) is 12.2 Å². The topological polar surface area (TPSA) is 94.8 Å². The number of carbonyl (C=O) groups is 2. The van der Waals surface area contributed by atoms with Crippen LogP contribution in [-0.2, 0) is 9.59 Å². The molecule has 0 radical (unpaired) electrons.